The van der Waals surface area contributed by atoms with Crippen molar-refractivity contribution in [3.63, 3.8) is 0 Å². The Hall–Kier alpha value is -1.03. The first-order valence-electron chi connectivity index (χ1n) is 5.31. The fourth-order valence-corrected chi connectivity index (χ4v) is 2.91. The van der Waals surface area contributed by atoms with Crippen LogP contribution in [-0.4, -0.2) is 30.4 Å². The van der Waals surface area contributed by atoms with Crippen molar-refractivity contribution >= 4 is 23.7 Å². The summed E-state index contributed by atoms with van der Waals surface area (Å²) in [5, 5.41) is 0.552. The van der Waals surface area contributed by atoms with Gasteiger partial charge in [-0.3, -0.25) is 4.79 Å². The molecule has 1 saturated heterocycles. The van der Waals surface area contributed by atoms with E-state index in [4.69, 9.17) is 0 Å². The number of aldehydes is 1. The Kier molecular flexibility index (Phi) is 3.49. The van der Waals surface area contributed by atoms with E-state index in [1.807, 2.05) is 11.8 Å². The fourth-order valence-electron chi connectivity index (χ4n) is 1.90. The standard InChI is InChI=1S/C12H14FNOS/c1-9-7-14(2-3-16-9)12-5-10(8-15)4-11(13)6-12/h4-6,8-9H,2-3,7H2,1H3. The van der Waals surface area contributed by atoms with E-state index < -0.39 is 0 Å². The number of carbonyl (C=O) groups excluding carboxylic acids is 1. The monoisotopic (exact) mass is 239 g/mol. The van der Waals surface area contributed by atoms with Gasteiger partial charge in [-0.05, 0) is 18.2 Å². The molecule has 0 saturated carbocycles. The van der Waals surface area contributed by atoms with E-state index >= 15 is 0 Å². The lowest BCUT2D eigenvalue weighted by Gasteiger charge is -2.32. The molecule has 1 fully saturated rings. The number of halogens is 1. The summed E-state index contributed by atoms with van der Waals surface area (Å²) in [4.78, 5) is 12.8. The Morgan fingerprint density at radius 3 is 3.00 bits per heavy atom. The van der Waals surface area contributed by atoms with Crippen LogP contribution in [0.2, 0.25) is 0 Å². The molecule has 0 bridgehead atoms. The zero-order valence-corrected chi connectivity index (χ0v) is 9.97. The van der Waals surface area contributed by atoms with Gasteiger partial charge >= 0.3 is 0 Å². The molecule has 2 nitrogen and oxygen atoms in total. The van der Waals surface area contributed by atoms with Gasteiger partial charge in [0.15, 0.2) is 0 Å². The van der Waals surface area contributed by atoms with Gasteiger partial charge in [-0.1, -0.05) is 6.92 Å². The number of nitrogens with zero attached hydrogens (tertiary/aromatic N) is 1. The van der Waals surface area contributed by atoms with E-state index in [1.54, 1.807) is 6.07 Å². The second-order valence-corrected chi connectivity index (χ2v) is 5.53. The molecule has 1 aromatic carbocycles. The summed E-state index contributed by atoms with van der Waals surface area (Å²) in [6.07, 6.45) is 0.689. The predicted molar refractivity (Wildman–Crippen MR) is 65.9 cm³/mol. The van der Waals surface area contributed by atoms with Crippen molar-refractivity contribution in [3.8, 4) is 0 Å². The number of rotatable bonds is 2. The van der Waals surface area contributed by atoms with Crippen molar-refractivity contribution in [1.29, 1.82) is 0 Å². The van der Waals surface area contributed by atoms with Gasteiger partial charge in [0.1, 0.15) is 12.1 Å². The average Bonchev–Trinajstić information content (AvgIpc) is 2.28. The van der Waals surface area contributed by atoms with Gasteiger partial charge in [-0.15, -0.1) is 0 Å². The van der Waals surface area contributed by atoms with Crippen LogP contribution in [0.1, 0.15) is 17.3 Å². The van der Waals surface area contributed by atoms with Crippen LogP contribution in [0.15, 0.2) is 18.2 Å². The number of benzene rings is 1. The quantitative estimate of drug-likeness (QED) is 0.740. The Bertz CT molecular complexity index is 397. The Balaban J connectivity index is 2.24. The summed E-state index contributed by atoms with van der Waals surface area (Å²) in [7, 11) is 0. The molecule has 1 aliphatic heterocycles. The van der Waals surface area contributed by atoms with E-state index in [9.17, 15) is 9.18 Å². The van der Waals surface area contributed by atoms with Crippen LogP contribution in [0, 0.1) is 5.82 Å². The third-order valence-corrected chi connectivity index (χ3v) is 3.78. The molecule has 0 aromatic heterocycles. The average molecular weight is 239 g/mol. The number of carbonyl (C=O) groups is 1. The van der Waals surface area contributed by atoms with Crippen LogP contribution in [0.5, 0.6) is 0 Å². The van der Waals surface area contributed by atoms with Crippen LogP contribution < -0.4 is 4.90 Å². The molecular formula is C12H14FNOS. The maximum absolute atomic E-state index is 13.3. The number of hydrogen-bond acceptors (Lipinski definition) is 3. The smallest absolute Gasteiger partial charge is 0.150 e. The maximum atomic E-state index is 13.3. The lowest BCUT2D eigenvalue weighted by atomic mass is 10.2. The highest BCUT2D eigenvalue weighted by molar-refractivity contribution is 8.00. The molecule has 0 spiro atoms. The normalized spacial score (nSPS) is 20.9. The second kappa shape index (κ2) is 4.87. The van der Waals surface area contributed by atoms with E-state index in [0.717, 1.165) is 24.5 Å². The van der Waals surface area contributed by atoms with Crippen molar-refractivity contribution in [1.82, 2.24) is 0 Å². The molecule has 1 aromatic rings. The first-order chi connectivity index (χ1) is 7.69. The fraction of sp³-hybridized carbons (Fsp3) is 0.417. The lowest BCUT2D eigenvalue weighted by Crippen LogP contribution is -2.36. The Labute approximate surface area is 98.8 Å². The molecule has 4 heteroatoms. The van der Waals surface area contributed by atoms with Gasteiger partial charge < -0.3 is 4.90 Å². The largest absolute Gasteiger partial charge is 0.370 e. The Morgan fingerprint density at radius 1 is 1.50 bits per heavy atom. The van der Waals surface area contributed by atoms with Gasteiger partial charge in [-0.2, -0.15) is 11.8 Å². The SMILES string of the molecule is CC1CN(c2cc(F)cc(C=O)c2)CCS1. The summed E-state index contributed by atoms with van der Waals surface area (Å²) in [5.41, 5.74) is 1.22. The van der Waals surface area contributed by atoms with Crippen LogP contribution in [0.4, 0.5) is 10.1 Å². The van der Waals surface area contributed by atoms with E-state index in [-0.39, 0.29) is 5.82 Å². The molecular weight excluding hydrogens is 225 g/mol. The number of anilines is 1. The minimum atomic E-state index is -0.342. The summed E-state index contributed by atoms with van der Waals surface area (Å²) < 4.78 is 13.3. The van der Waals surface area contributed by atoms with Gasteiger partial charge in [0.25, 0.3) is 0 Å². The summed E-state index contributed by atoms with van der Waals surface area (Å²) in [6.45, 7) is 3.99. The molecule has 0 aliphatic carbocycles. The molecule has 86 valence electrons. The first-order valence-corrected chi connectivity index (χ1v) is 6.36. The van der Waals surface area contributed by atoms with E-state index in [0.29, 0.717) is 17.1 Å². The van der Waals surface area contributed by atoms with Crippen molar-refractivity contribution in [2.75, 3.05) is 23.7 Å². The highest BCUT2D eigenvalue weighted by Gasteiger charge is 2.17. The number of thioether (sulfide) groups is 1. The first kappa shape index (κ1) is 11.5. The topological polar surface area (TPSA) is 20.3 Å². The molecule has 0 amide bonds. The zero-order valence-electron chi connectivity index (χ0n) is 9.15. The van der Waals surface area contributed by atoms with Crippen LogP contribution in [-0.2, 0) is 0 Å². The molecule has 1 unspecified atom stereocenters. The molecule has 16 heavy (non-hydrogen) atoms. The van der Waals surface area contributed by atoms with Gasteiger partial charge in [0.05, 0.1) is 0 Å². The Morgan fingerprint density at radius 2 is 2.31 bits per heavy atom. The van der Waals surface area contributed by atoms with Gasteiger partial charge in [0.2, 0.25) is 0 Å². The molecule has 1 atom stereocenters. The maximum Gasteiger partial charge on any atom is 0.150 e. The second-order valence-electron chi connectivity index (χ2n) is 3.99. The van der Waals surface area contributed by atoms with Crippen molar-refractivity contribution in [3.05, 3.63) is 29.6 Å². The summed E-state index contributed by atoms with van der Waals surface area (Å²) >= 11 is 1.93. The van der Waals surface area contributed by atoms with Crippen LogP contribution in [0.25, 0.3) is 0 Å². The molecule has 2 rings (SSSR count). The third kappa shape index (κ3) is 2.55. The molecule has 0 radical (unpaired) electrons. The van der Waals surface area contributed by atoms with E-state index in [2.05, 4.69) is 11.8 Å². The zero-order chi connectivity index (χ0) is 11.5. The third-order valence-electron chi connectivity index (χ3n) is 2.65. The summed E-state index contributed by atoms with van der Waals surface area (Å²) in [6, 6.07) is 4.51. The lowest BCUT2D eigenvalue weighted by molar-refractivity contribution is 0.112. The minimum absolute atomic E-state index is 0.342. The van der Waals surface area contributed by atoms with Crippen LogP contribution >= 0.6 is 11.8 Å². The minimum Gasteiger partial charge on any atom is -0.370 e. The van der Waals surface area contributed by atoms with Crippen molar-refractivity contribution < 1.29 is 9.18 Å². The summed E-state index contributed by atoms with van der Waals surface area (Å²) in [5.74, 6) is 0.708. The number of hydrogen-bond donors (Lipinski definition) is 0. The van der Waals surface area contributed by atoms with Gasteiger partial charge in [0, 0.05) is 35.3 Å². The van der Waals surface area contributed by atoms with Crippen molar-refractivity contribution in [2.24, 2.45) is 0 Å². The highest BCUT2D eigenvalue weighted by Crippen LogP contribution is 2.25. The van der Waals surface area contributed by atoms with Gasteiger partial charge in [-0.25, -0.2) is 4.39 Å². The van der Waals surface area contributed by atoms with Crippen LogP contribution in [0.3, 0.4) is 0 Å². The van der Waals surface area contributed by atoms with E-state index in [1.165, 1.54) is 12.1 Å². The highest BCUT2D eigenvalue weighted by atomic mass is 32.2. The molecule has 1 heterocycles. The predicted octanol–water partition coefficient (Wildman–Crippen LogP) is 2.58. The molecule has 1 aliphatic rings. The van der Waals surface area contributed by atoms with Crippen molar-refractivity contribution in [2.45, 2.75) is 12.2 Å². The molecule has 0 N–H and O–H groups in total.